The maximum absolute atomic E-state index is 12.6. The van der Waals surface area contributed by atoms with Crippen molar-refractivity contribution in [1.82, 2.24) is 4.90 Å². The molecule has 1 aliphatic heterocycles. The molecule has 3 rings (SSSR count). The third kappa shape index (κ3) is 4.99. The highest BCUT2D eigenvalue weighted by atomic mass is 16.2. The second kappa shape index (κ2) is 8.92. The predicted molar refractivity (Wildman–Crippen MR) is 104 cm³/mol. The Morgan fingerprint density at radius 2 is 1.76 bits per heavy atom. The minimum absolute atomic E-state index is 0.0571. The average Bonchev–Trinajstić information content (AvgIpc) is 3.15. The van der Waals surface area contributed by atoms with Crippen molar-refractivity contribution in [3.63, 3.8) is 0 Å². The van der Waals surface area contributed by atoms with Crippen molar-refractivity contribution >= 4 is 17.3 Å². The van der Waals surface area contributed by atoms with Crippen LogP contribution in [0.5, 0.6) is 0 Å². The van der Waals surface area contributed by atoms with Crippen molar-refractivity contribution in [2.24, 2.45) is 5.92 Å². The summed E-state index contributed by atoms with van der Waals surface area (Å²) in [6.07, 6.45) is 14.0. The Morgan fingerprint density at radius 1 is 1.08 bits per heavy atom. The molecule has 1 aromatic rings. The molecule has 1 amide bonds. The molecule has 0 radical (unpaired) electrons. The van der Waals surface area contributed by atoms with Gasteiger partial charge in [-0.3, -0.25) is 9.69 Å². The molecule has 134 valence electrons. The van der Waals surface area contributed by atoms with Crippen LogP contribution in [0.2, 0.25) is 0 Å². The van der Waals surface area contributed by atoms with Crippen molar-refractivity contribution in [2.45, 2.75) is 51.0 Å². The number of nitrogens with zero attached hydrogens (tertiary/aromatic N) is 1. The largest absolute Gasteiger partial charge is 0.385 e. The summed E-state index contributed by atoms with van der Waals surface area (Å²) >= 11 is 0. The highest BCUT2D eigenvalue weighted by Gasteiger charge is 2.28. The molecular formula is C21H29N3O. The highest BCUT2D eigenvalue weighted by Crippen LogP contribution is 2.25. The Balaban J connectivity index is 1.51. The number of hydrogen-bond donors (Lipinski definition) is 2. The number of anilines is 2. The van der Waals surface area contributed by atoms with Crippen LogP contribution in [0.25, 0.3) is 0 Å². The molecule has 0 spiro atoms. The quantitative estimate of drug-likeness (QED) is 0.777. The van der Waals surface area contributed by atoms with E-state index < -0.39 is 0 Å². The van der Waals surface area contributed by atoms with Crippen molar-refractivity contribution in [3.8, 4) is 12.3 Å². The molecular weight excluding hydrogens is 310 g/mol. The molecule has 25 heavy (non-hydrogen) atoms. The van der Waals surface area contributed by atoms with Crippen molar-refractivity contribution < 1.29 is 4.79 Å². The number of terminal acetylenes is 1. The summed E-state index contributed by atoms with van der Waals surface area (Å²) in [5.41, 5.74) is 1.97. The maximum atomic E-state index is 12.6. The minimum atomic E-state index is -0.107. The van der Waals surface area contributed by atoms with E-state index in [9.17, 15) is 4.79 Å². The average molecular weight is 339 g/mol. The Labute approximate surface area is 151 Å². The molecule has 1 unspecified atom stereocenters. The number of likely N-dealkylation sites (tertiary alicyclic amines) is 1. The van der Waals surface area contributed by atoms with Gasteiger partial charge in [0.25, 0.3) is 0 Å². The standard InChI is InChI=1S/C21H29N3O/c1-2-14-24-15-6-5-9-20(24)21(25)23-19-12-10-18(11-13-19)22-16-17-7-3-4-8-17/h1,10-13,17,20,22H,3-9,14-16H2,(H,23,25). The van der Waals surface area contributed by atoms with Crippen LogP contribution >= 0.6 is 0 Å². The molecule has 4 nitrogen and oxygen atoms in total. The summed E-state index contributed by atoms with van der Waals surface area (Å²) in [7, 11) is 0. The molecule has 2 fully saturated rings. The topological polar surface area (TPSA) is 44.4 Å². The summed E-state index contributed by atoms with van der Waals surface area (Å²) in [4.78, 5) is 14.7. The number of nitrogens with one attached hydrogen (secondary N) is 2. The molecule has 1 aliphatic carbocycles. The number of benzene rings is 1. The van der Waals surface area contributed by atoms with Crippen molar-refractivity contribution in [3.05, 3.63) is 24.3 Å². The number of hydrogen-bond acceptors (Lipinski definition) is 3. The first kappa shape index (κ1) is 17.8. The fraction of sp³-hybridized carbons (Fsp3) is 0.571. The molecule has 1 atom stereocenters. The molecule has 1 heterocycles. The van der Waals surface area contributed by atoms with Crippen LogP contribution in [0.15, 0.2) is 24.3 Å². The SMILES string of the molecule is C#CCN1CCCCC1C(=O)Nc1ccc(NCC2CCCC2)cc1. The summed E-state index contributed by atoms with van der Waals surface area (Å²) in [6.45, 7) is 2.50. The van der Waals surface area contributed by atoms with Gasteiger partial charge < -0.3 is 10.6 Å². The summed E-state index contributed by atoms with van der Waals surface area (Å²) in [5.74, 6) is 3.54. The molecule has 1 saturated heterocycles. The third-order valence-electron chi connectivity index (χ3n) is 5.43. The van der Waals surface area contributed by atoms with Gasteiger partial charge in [-0.2, -0.15) is 0 Å². The Hall–Kier alpha value is -1.99. The number of rotatable bonds is 6. The number of amides is 1. The van der Waals surface area contributed by atoms with E-state index in [1.165, 1.54) is 25.7 Å². The summed E-state index contributed by atoms with van der Waals surface area (Å²) in [5, 5.41) is 6.56. The van der Waals surface area contributed by atoms with Gasteiger partial charge in [0.15, 0.2) is 0 Å². The highest BCUT2D eigenvalue weighted by molar-refractivity contribution is 5.95. The van der Waals surface area contributed by atoms with E-state index >= 15 is 0 Å². The van der Waals surface area contributed by atoms with Gasteiger partial charge in [0.1, 0.15) is 0 Å². The first-order valence-electron chi connectivity index (χ1n) is 9.58. The van der Waals surface area contributed by atoms with E-state index in [0.29, 0.717) is 6.54 Å². The van der Waals surface area contributed by atoms with Crippen LogP contribution in [0.3, 0.4) is 0 Å². The van der Waals surface area contributed by atoms with Gasteiger partial charge in [-0.25, -0.2) is 0 Å². The molecule has 2 aliphatic rings. The lowest BCUT2D eigenvalue weighted by Gasteiger charge is -2.33. The van der Waals surface area contributed by atoms with Gasteiger partial charge in [0.2, 0.25) is 5.91 Å². The smallest absolute Gasteiger partial charge is 0.241 e. The van der Waals surface area contributed by atoms with Crippen molar-refractivity contribution in [2.75, 3.05) is 30.3 Å². The van der Waals surface area contributed by atoms with E-state index in [2.05, 4.69) is 21.5 Å². The van der Waals surface area contributed by atoms with Crippen LogP contribution in [0.1, 0.15) is 44.9 Å². The van der Waals surface area contributed by atoms with Gasteiger partial charge in [-0.05, 0) is 62.4 Å². The van der Waals surface area contributed by atoms with Gasteiger partial charge in [-0.1, -0.05) is 25.2 Å². The van der Waals surface area contributed by atoms with Gasteiger partial charge in [0, 0.05) is 17.9 Å². The lowest BCUT2D eigenvalue weighted by molar-refractivity contribution is -0.122. The van der Waals surface area contributed by atoms with Crippen LogP contribution in [0.4, 0.5) is 11.4 Å². The first-order valence-corrected chi connectivity index (χ1v) is 9.58. The zero-order valence-electron chi connectivity index (χ0n) is 15.0. The second-order valence-electron chi connectivity index (χ2n) is 7.28. The van der Waals surface area contributed by atoms with E-state index in [0.717, 1.165) is 49.6 Å². The summed E-state index contributed by atoms with van der Waals surface area (Å²) < 4.78 is 0. The lowest BCUT2D eigenvalue weighted by Crippen LogP contribution is -2.47. The Kier molecular flexibility index (Phi) is 6.36. The Bertz CT molecular complexity index is 599. The van der Waals surface area contributed by atoms with E-state index in [1.807, 2.05) is 24.3 Å². The fourth-order valence-electron chi connectivity index (χ4n) is 3.97. The third-order valence-corrected chi connectivity index (χ3v) is 5.43. The molecule has 1 saturated carbocycles. The minimum Gasteiger partial charge on any atom is -0.385 e. The predicted octanol–water partition coefficient (Wildman–Crippen LogP) is 3.71. The number of carbonyl (C=O) groups is 1. The van der Waals surface area contributed by atoms with Crippen LogP contribution in [-0.4, -0.2) is 36.5 Å². The van der Waals surface area contributed by atoms with Gasteiger partial charge in [0.05, 0.1) is 12.6 Å². The van der Waals surface area contributed by atoms with Gasteiger partial charge >= 0.3 is 0 Å². The first-order chi connectivity index (χ1) is 12.3. The van der Waals surface area contributed by atoms with Crippen molar-refractivity contribution in [1.29, 1.82) is 0 Å². The zero-order chi connectivity index (χ0) is 17.5. The number of carbonyl (C=O) groups excluding carboxylic acids is 1. The van der Waals surface area contributed by atoms with Crippen LogP contribution in [-0.2, 0) is 4.79 Å². The van der Waals surface area contributed by atoms with E-state index in [4.69, 9.17) is 6.42 Å². The number of piperidine rings is 1. The Morgan fingerprint density at radius 3 is 2.48 bits per heavy atom. The molecule has 2 N–H and O–H groups in total. The molecule has 0 aromatic heterocycles. The maximum Gasteiger partial charge on any atom is 0.241 e. The molecule has 1 aromatic carbocycles. The van der Waals surface area contributed by atoms with E-state index in [1.54, 1.807) is 0 Å². The normalized spacial score (nSPS) is 21.6. The molecule has 4 heteroatoms. The van der Waals surface area contributed by atoms with Crippen LogP contribution < -0.4 is 10.6 Å². The van der Waals surface area contributed by atoms with Gasteiger partial charge in [-0.15, -0.1) is 6.42 Å². The zero-order valence-corrected chi connectivity index (χ0v) is 15.0. The monoisotopic (exact) mass is 339 g/mol. The fourth-order valence-corrected chi connectivity index (χ4v) is 3.97. The second-order valence-corrected chi connectivity index (χ2v) is 7.28. The molecule has 0 bridgehead atoms. The van der Waals surface area contributed by atoms with Crippen LogP contribution in [0, 0.1) is 18.3 Å². The van der Waals surface area contributed by atoms with E-state index in [-0.39, 0.29) is 11.9 Å². The summed E-state index contributed by atoms with van der Waals surface area (Å²) in [6, 6.07) is 7.94. The lowest BCUT2D eigenvalue weighted by atomic mass is 10.0.